The van der Waals surface area contributed by atoms with Crippen molar-refractivity contribution >= 4 is 11.8 Å². The Labute approximate surface area is 171 Å². The Hall–Kier alpha value is -3.40. The van der Waals surface area contributed by atoms with E-state index >= 15 is 0 Å². The molecule has 0 N–H and O–H groups in total. The van der Waals surface area contributed by atoms with Crippen molar-refractivity contribution in [1.82, 2.24) is 30.4 Å². The van der Waals surface area contributed by atoms with E-state index in [1.54, 1.807) is 18.9 Å². The van der Waals surface area contributed by atoms with Crippen molar-refractivity contribution < 1.29 is 13.9 Å². The summed E-state index contributed by atoms with van der Waals surface area (Å²) in [5, 5.41) is 20.8. The number of thioether (sulfide) groups is 1. The first-order valence-electron chi connectivity index (χ1n) is 8.75. The number of methoxy groups -OCH3 is 2. The van der Waals surface area contributed by atoms with Gasteiger partial charge in [0.05, 0.1) is 25.2 Å². The van der Waals surface area contributed by atoms with Gasteiger partial charge in [0.2, 0.25) is 16.9 Å². The summed E-state index contributed by atoms with van der Waals surface area (Å²) in [4.78, 5) is 0. The summed E-state index contributed by atoms with van der Waals surface area (Å²) < 4.78 is 17.9. The molecule has 0 bridgehead atoms. The zero-order valence-corrected chi connectivity index (χ0v) is 16.8. The lowest BCUT2D eigenvalue weighted by Crippen LogP contribution is -2.00. The molecule has 1 atom stereocenters. The SMILES string of the molecule is COc1ccc(-c2nnc([C@@H](C)Sc3nnnn3-c3ccc(OC)cc3)o2)cc1. The second-order valence-electron chi connectivity index (χ2n) is 6.01. The van der Waals surface area contributed by atoms with Crippen molar-refractivity contribution in [2.45, 2.75) is 17.3 Å². The number of benzene rings is 2. The highest BCUT2D eigenvalue weighted by molar-refractivity contribution is 7.99. The summed E-state index contributed by atoms with van der Waals surface area (Å²) in [5.74, 6) is 2.47. The molecule has 0 spiro atoms. The van der Waals surface area contributed by atoms with E-state index < -0.39 is 0 Å². The van der Waals surface area contributed by atoms with Gasteiger partial charge in [-0.25, -0.2) is 0 Å². The van der Waals surface area contributed by atoms with Crippen molar-refractivity contribution in [3.05, 3.63) is 54.4 Å². The minimum Gasteiger partial charge on any atom is -0.497 e. The number of aromatic nitrogens is 6. The monoisotopic (exact) mass is 410 g/mol. The lowest BCUT2D eigenvalue weighted by Gasteiger charge is -2.08. The third-order valence-electron chi connectivity index (χ3n) is 4.17. The van der Waals surface area contributed by atoms with Crippen LogP contribution >= 0.6 is 11.8 Å². The quantitative estimate of drug-likeness (QED) is 0.423. The second kappa shape index (κ2) is 8.31. The number of hydrogen-bond acceptors (Lipinski definition) is 9. The molecule has 0 saturated heterocycles. The third kappa shape index (κ3) is 4.06. The first-order valence-corrected chi connectivity index (χ1v) is 9.63. The lowest BCUT2D eigenvalue weighted by molar-refractivity contribution is 0.414. The fraction of sp³-hybridized carbons (Fsp3) is 0.211. The van der Waals surface area contributed by atoms with Gasteiger partial charge in [-0.2, -0.15) is 4.68 Å². The third-order valence-corrected chi connectivity index (χ3v) is 5.19. The molecule has 2 aromatic carbocycles. The molecule has 0 fully saturated rings. The van der Waals surface area contributed by atoms with Crippen LogP contribution in [-0.4, -0.2) is 44.6 Å². The number of tetrazole rings is 1. The molecule has 0 aliphatic heterocycles. The predicted octanol–water partition coefficient (Wildman–Crippen LogP) is 3.58. The average molecular weight is 410 g/mol. The molecule has 9 nitrogen and oxygen atoms in total. The zero-order chi connectivity index (χ0) is 20.2. The van der Waals surface area contributed by atoms with E-state index in [4.69, 9.17) is 13.9 Å². The van der Waals surface area contributed by atoms with E-state index in [0.717, 1.165) is 22.7 Å². The lowest BCUT2D eigenvalue weighted by atomic mass is 10.2. The Morgan fingerprint density at radius 2 is 1.55 bits per heavy atom. The number of ether oxygens (including phenoxy) is 2. The summed E-state index contributed by atoms with van der Waals surface area (Å²) in [7, 11) is 3.25. The van der Waals surface area contributed by atoms with Crippen molar-refractivity contribution in [2.24, 2.45) is 0 Å². The Balaban J connectivity index is 1.51. The summed E-state index contributed by atoms with van der Waals surface area (Å²) in [6.07, 6.45) is 0. The number of rotatable bonds is 7. The molecule has 0 saturated carbocycles. The van der Waals surface area contributed by atoms with Gasteiger partial charge in [-0.1, -0.05) is 11.8 Å². The fourth-order valence-electron chi connectivity index (χ4n) is 2.60. The molecule has 148 valence electrons. The molecule has 0 aliphatic carbocycles. The van der Waals surface area contributed by atoms with E-state index in [0.29, 0.717) is 16.9 Å². The van der Waals surface area contributed by atoms with Crippen LogP contribution in [0.2, 0.25) is 0 Å². The minimum atomic E-state index is -0.141. The molecular formula is C19H18N6O3S. The Morgan fingerprint density at radius 3 is 2.21 bits per heavy atom. The van der Waals surface area contributed by atoms with Crippen LogP contribution in [0.4, 0.5) is 0 Å². The van der Waals surface area contributed by atoms with Gasteiger partial charge in [0.15, 0.2) is 0 Å². The standard InChI is InChI=1S/C19H18N6O3S/c1-12(17-20-21-18(28-17)13-4-8-15(26-2)9-5-13)29-19-22-23-24-25(19)14-6-10-16(27-3)11-7-14/h4-12H,1-3H3/t12-/m1/s1. The van der Waals surface area contributed by atoms with Gasteiger partial charge in [0.25, 0.3) is 0 Å². The van der Waals surface area contributed by atoms with E-state index in [-0.39, 0.29) is 5.25 Å². The van der Waals surface area contributed by atoms with Crippen LogP contribution in [0, 0.1) is 0 Å². The van der Waals surface area contributed by atoms with E-state index in [1.807, 2.05) is 55.5 Å². The topological polar surface area (TPSA) is 101 Å². The van der Waals surface area contributed by atoms with Crippen LogP contribution in [-0.2, 0) is 0 Å². The molecule has 29 heavy (non-hydrogen) atoms. The molecule has 4 rings (SSSR count). The summed E-state index contributed by atoms with van der Waals surface area (Å²) in [5.41, 5.74) is 1.65. The van der Waals surface area contributed by atoms with E-state index in [9.17, 15) is 0 Å². The first-order chi connectivity index (χ1) is 14.2. The van der Waals surface area contributed by atoms with E-state index in [1.165, 1.54) is 11.8 Å². The van der Waals surface area contributed by atoms with Gasteiger partial charge in [0.1, 0.15) is 11.5 Å². The predicted molar refractivity (Wildman–Crippen MR) is 106 cm³/mol. The van der Waals surface area contributed by atoms with Gasteiger partial charge < -0.3 is 13.9 Å². The molecular weight excluding hydrogens is 392 g/mol. The van der Waals surface area contributed by atoms with Gasteiger partial charge in [-0.3, -0.25) is 0 Å². The maximum atomic E-state index is 5.85. The Bertz CT molecular complexity index is 1080. The van der Waals surface area contributed by atoms with Gasteiger partial charge in [-0.15, -0.1) is 15.3 Å². The Morgan fingerprint density at radius 1 is 0.897 bits per heavy atom. The molecule has 0 unspecified atom stereocenters. The van der Waals surface area contributed by atoms with Gasteiger partial charge in [-0.05, 0) is 65.9 Å². The molecule has 0 radical (unpaired) electrons. The smallest absolute Gasteiger partial charge is 0.247 e. The summed E-state index contributed by atoms with van der Waals surface area (Å²) >= 11 is 1.43. The largest absolute Gasteiger partial charge is 0.497 e. The van der Waals surface area contributed by atoms with Crippen molar-refractivity contribution in [1.29, 1.82) is 0 Å². The highest BCUT2D eigenvalue weighted by atomic mass is 32.2. The maximum absolute atomic E-state index is 5.85. The maximum Gasteiger partial charge on any atom is 0.247 e. The molecule has 0 aliphatic rings. The fourth-order valence-corrected chi connectivity index (χ4v) is 3.43. The first kappa shape index (κ1) is 18.9. The van der Waals surface area contributed by atoms with Crippen LogP contribution in [0.5, 0.6) is 11.5 Å². The molecule has 0 amide bonds. The highest BCUT2D eigenvalue weighted by Gasteiger charge is 2.20. The van der Waals surface area contributed by atoms with Crippen LogP contribution < -0.4 is 9.47 Å². The van der Waals surface area contributed by atoms with Crippen LogP contribution in [0.25, 0.3) is 17.1 Å². The van der Waals surface area contributed by atoms with Crippen LogP contribution in [0.3, 0.4) is 0 Å². The van der Waals surface area contributed by atoms with Crippen molar-refractivity contribution in [2.75, 3.05) is 14.2 Å². The normalized spacial score (nSPS) is 12.0. The second-order valence-corrected chi connectivity index (χ2v) is 7.31. The summed E-state index contributed by atoms with van der Waals surface area (Å²) in [6, 6.07) is 14.9. The molecule has 2 aromatic heterocycles. The number of hydrogen-bond donors (Lipinski definition) is 0. The zero-order valence-electron chi connectivity index (χ0n) is 16.0. The number of nitrogens with zero attached hydrogens (tertiary/aromatic N) is 6. The molecule has 2 heterocycles. The Kier molecular flexibility index (Phi) is 5.43. The van der Waals surface area contributed by atoms with Gasteiger partial charge in [0, 0.05) is 5.56 Å². The average Bonchev–Trinajstić information content (AvgIpc) is 3.44. The minimum absolute atomic E-state index is 0.141. The van der Waals surface area contributed by atoms with Crippen molar-refractivity contribution in [3.8, 4) is 28.6 Å². The summed E-state index contributed by atoms with van der Waals surface area (Å²) in [6.45, 7) is 1.96. The molecule has 10 heteroatoms. The van der Waals surface area contributed by atoms with E-state index in [2.05, 4.69) is 25.7 Å². The highest BCUT2D eigenvalue weighted by Crippen LogP contribution is 2.34. The van der Waals surface area contributed by atoms with Crippen molar-refractivity contribution in [3.63, 3.8) is 0 Å². The molecule has 4 aromatic rings. The van der Waals surface area contributed by atoms with Gasteiger partial charge >= 0.3 is 0 Å². The van der Waals surface area contributed by atoms with Crippen LogP contribution in [0.15, 0.2) is 58.1 Å². The van der Waals surface area contributed by atoms with Crippen LogP contribution in [0.1, 0.15) is 18.1 Å².